The molecule has 2 heterocycles. The summed E-state index contributed by atoms with van der Waals surface area (Å²) >= 11 is 0. The summed E-state index contributed by atoms with van der Waals surface area (Å²) in [6.07, 6.45) is 4.09. The lowest BCUT2D eigenvalue weighted by atomic mass is 10.1. The highest BCUT2D eigenvalue weighted by Gasteiger charge is 2.20. The molecular weight excluding hydrogens is 418 g/mol. The Balaban J connectivity index is 1.55. The van der Waals surface area contributed by atoms with E-state index in [0.717, 1.165) is 16.6 Å². The van der Waals surface area contributed by atoms with E-state index in [0.29, 0.717) is 24.3 Å². The maximum Gasteiger partial charge on any atom is 0.327 e. The number of amides is 1. The number of aryl methyl sites for hydroxylation is 1. The maximum atomic E-state index is 13.2. The third-order valence-electron chi connectivity index (χ3n) is 5.47. The van der Waals surface area contributed by atoms with Crippen molar-refractivity contribution in [3.8, 4) is 5.69 Å². The van der Waals surface area contributed by atoms with Gasteiger partial charge in [-0.15, -0.1) is 0 Å². The molecule has 0 saturated heterocycles. The molecule has 0 bridgehead atoms. The SMILES string of the molecule is CCOC(=O)Cn1ccc(C(CC)NC(=O)c2cccc3c2cnn3-c2ccc(C)cc2)n1. The molecule has 4 aromatic rings. The lowest BCUT2D eigenvalue weighted by Crippen LogP contribution is -2.28. The largest absolute Gasteiger partial charge is 0.465 e. The Hall–Kier alpha value is -3.94. The second kappa shape index (κ2) is 9.68. The number of aromatic nitrogens is 4. The monoisotopic (exact) mass is 445 g/mol. The van der Waals surface area contributed by atoms with Crippen LogP contribution in [0.2, 0.25) is 0 Å². The van der Waals surface area contributed by atoms with E-state index in [1.54, 1.807) is 25.4 Å². The minimum Gasteiger partial charge on any atom is -0.465 e. The third kappa shape index (κ3) is 4.79. The van der Waals surface area contributed by atoms with Gasteiger partial charge in [-0.05, 0) is 50.6 Å². The van der Waals surface area contributed by atoms with Crippen molar-refractivity contribution in [3.63, 3.8) is 0 Å². The fraction of sp³-hybridized carbons (Fsp3) is 0.280. The van der Waals surface area contributed by atoms with Gasteiger partial charge >= 0.3 is 5.97 Å². The van der Waals surface area contributed by atoms with Crippen molar-refractivity contribution in [1.29, 1.82) is 0 Å². The van der Waals surface area contributed by atoms with Crippen LogP contribution >= 0.6 is 0 Å². The van der Waals surface area contributed by atoms with Crippen LogP contribution in [0.15, 0.2) is 60.9 Å². The third-order valence-corrected chi connectivity index (χ3v) is 5.47. The quantitative estimate of drug-likeness (QED) is 0.414. The molecular formula is C25H27N5O3. The van der Waals surface area contributed by atoms with Crippen molar-refractivity contribution < 1.29 is 14.3 Å². The van der Waals surface area contributed by atoms with Gasteiger partial charge in [0.1, 0.15) is 6.54 Å². The van der Waals surface area contributed by atoms with E-state index in [9.17, 15) is 9.59 Å². The molecule has 1 atom stereocenters. The first kappa shape index (κ1) is 22.3. The van der Waals surface area contributed by atoms with Crippen LogP contribution in [-0.4, -0.2) is 38.0 Å². The molecule has 1 unspecified atom stereocenters. The Labute approximate surface area is 192 Å². The van der Waals surface area contributed by atoms with Crippen molar-refractivity contribution in [2.45, 2.75) is 39.8 Å². The average molecular weight is 446 g/mol. The van der Waals surface area contributed by atoms with E-state index in [2.05, 4.69) is 15.5 Å². The number of ether oxygens (including phenoxy) is 1. The number of hydrogen-bond donors (Lipinski definition) is 1. The number of hydrogen-bond acceptors (Lipinski definition) is 5. The van der Waals surface area contributed by atoms with Gasteiger partial charge in [0.15, 0.2) is 0 Å². The van der Waals surface area contributed by atoms with Crippen molar-refractivity contribution in [1.82, 2.24) is 24.9 Å². The summed E-state index contributed by atoms with van der Waals surface area (Å²) in [6.45, 7) is 6.14. The first-order valence-electron chi connectivity index (χ1n) is 11.0. The number of nitrogens with one attached hydrogen (secondary N) is 1. The molecule has 1 N–H and O–H groups in total. The molecule has 8 nitrogen and oxygen atoms in total. The Morgan fingerprint density at radius 3 is 2.61 bits per heavy atom. The normalized spacial score (nSPS) is 12.0. The second-order valence-corrected chi connectivity index (χ2v) is 7.81. The lowest BCUT2D eigenvalue weighted by molar-refractivity contribution is -0.144. The fourth-order valence-corrected chi connectivity index (χ4v) is 3.75. The van der Waals surface area contributed by atoms with Gasteiger partial charge in [0, 0.05) is 11.6 Å². The molecule has 1 amide bonds. The van der Waals surface area contributed by atoms with Crippen LogP contribution in [0.4, 0.5) is 0 Å². The van der Waals surface area contributed by atoms with Crippen molar-refractivity contribution in [2.75, 3.05) is 6.61 Å². The van der Waals surface area contributed by atoms with Crippen molar-refractivity contribution in [2.24, 2.45) is 0 Å². The van der Waals surface area contributed by atoms with Gasteiger partial charge in [0.2, 0.25) is 0 Å². The molecule has 0 saturated carbocycles. The average Bonchev–Trinajstić information content (AvgIpc) is 3.45. The van der Waals surface area contributed by atoms with E-state index in [1.165, 1.54) is 10.2 Å². The molecule has 0 aliphatic heterocycles. The minimum atomic E-state index is -0.346. The molecule has 4 rings (SSSR count). The number of fused-ring (bicyclic) bond motifs is 1. The van der Waals surface area contributed by atoms with Gasteiger partial charge in [-0.1, -0.05) is 30.7 Å². The molecule has 0 spiro atoms. The summed E-state index contributed by atoms with van der Waals surface area (Å²) in [5.74, 6) is -0.544. The van der Waals surface area contributed by atoms with Crippen LogP contribution in [-0.2, 0) is 16.1 Å². The highest BCUT2D eigenvalue weighted by atomic mass is 16.5. The number of nitrogens with zero attached hydrogens (tertiary/aromatic N) is 4. The molecule has 8 heteroatoms. The number of esters is 1. The second-order valence-electron chi connectivity index (χ2n) is 7.81. The Bertz CT molecular complexity index is 1270. The van der Waals surface area contributed by atoms with Gasteiger partial charge in [-0.25, -0.2) is 4.68 Å². The standard InChI is InChI=1S/C25H27N5O3/c1-4-21(22-13-14-29(28-22)16-24(31)33-5-2)27-25(32)19-7-6-8-23-20(19)15-26-30(23)18-11-9-17(3)10-12-18/h6-15,21H,4-5,16H2,1-3H3,(H,27,32). The Kier molecular flexibility index (Phi) is 6.53. The Morgan fingerprint density at radius 1 is 1.09 bits per heavy atom. The molecule has 0 aliphatic carbocycles. The van der Waals surface area contributed by atoms with Crippen molar-refractivity contribution >= 4 is 22.8 Å². The molecule has 170 valence electrons. The summed E-state index contributed by atoms with van der Waals surface area (Å²) in [6, 6.07) is 15.2. The van der Waals surface area contributed by atoms with Crippen LogP contribution in [0.5, 0.6) is 0 Å². The van der Waals surface area contributed by atoms with Gasteiger partial charge < -0.3 is 10.1 Å². The van der Waals surface area contributed by atoms with Gasteiger partial charge in [0.25, 0.3) is 5.91 Å². The smallest absolute Gasteiger partial charge is 0.327 e. The molecule has 0 aliphatic rings. The van der Waals surface area contributed by atoms with Gasteiger partial charge in [-0.2, -0.15) is 10.2 Å². The summed E-state index contributed by atoms with van der Waals surface area (Å²) in [5, 5.41) is 12.8. The highest BCUT2D eigenvalue weighted by Crippen LogP contribution is 2.23. The zero-order chi connectivity index (χ0) is 23.4. The first-order chi connectivity index (χ1) is 16.0. The Morgan fingerprint density at radius 2 is 1.88 bits per heavy atom. The summed E-state index contributed by atoms with van der Waals surface area (Å²) < 4.78 is 8.32. The number of benzene rings is 2. The van der Waals surface area contributed by atoms with Gasteiger partial charge in [0.05, 0.1) is 41.3 Å². The lowest BCUT2D eigenvalue weighted by Gasteiger charge is -2.15. The van der Waals surface area contributed by atoms with Crippen LogP contribution in [0, 0.1) is 6.92 Å². The summed E-state index contributed by atoms with van der Waals surface area (Å²) in [4.78, 5) is 24.9. The number of carbonyl (C=O) groups is 2. The van der Waals surface area contributed by atoms with E-state index < -0.39 is 0 Å². The van der Waals surface area contributed by atoms with Crippen LogP contribution in [0.1, 0.15) is 47.9 Å². The maximum absolute atomic E-state index is 13.2. The van der Waals surface area contributed by atoms with Crippen LogP contribution in [0.25, 0.3) is 16.6 Å². The molecule has 2 aromatic heterocycles. The van der Waals surface area contributed by atoms with E-state index in [-0.39, 0.29) is 24.5 Å². The predicted molar refractivity (Wildman–Crippen MR) is 125 cm³/mol. The van der Waals surface area contributed by atoms with Gasteiger partial charge in [-0.3, -0.25) is 14.3 Å². The molecule has 0 fully saturated rings. The van der Waals surface area contributed by atoms with E-state index in [4.69, 9.17) is 4.74 Å². The highest BCUT2D eigenvalue weighted by molar-refractivity contribution is 6.06. The molecule has 33 heavy (non-hydrogen) atoms. The predicted octanol–water partition coefficient (Wildman–Crippen LogP) is 3.97. The van der Waals surface area contributed by atoms with Crippen LogP contribution in [0.3, 0.4) is 0 Å². The summed E-state index contributed by atoms with van der Waals surface area (Å²) in [7, 11) is 0. The molecule has 0 radical (unpaired) electrons. The summed E-state index contributed by atoms with van der Waals surface area (Å²) in [5.41, 5.74) is 4.21. The molecule has 2 aromatic carbocycles. The topological polar surface area (TPSA) is 91.0 Å². The number of carbonyl (C=O) groups excluding carboxylic acids is 2. The zero-order valence-electron chi connectivity index (χ0n) is 19.0. The minimum absolute atomic E-state index is 0.0374. The van der Waals surface area contributed by atoms with Crippen molar-refractivity contribution in [3.05, 3.63) is 77.7 Å². The van der Waals surface area contributed by atoms with E-state index >= 15 is 0 Å². The van der Waals surface area contributed by atoms with Crippen LogP contribution < -0.4 is 5.32 Å². The number of rotatable bonds is 8. The zero-order valence-corrected chi connectivity index (χ0v) is 19.0. The van der Waals surface area contributed by atoms with E-state index in [1.807, 2.05) is 61.0 Å². The first-order valence-corrected chi connectivity index (χ1v) is 11.0. The fourth-order valence-electron chi connectivity index (χ4n) is 3.75.